The van der Waals surface area contributed by atoms with E-state index in [1.54, 1.807) is 13.0 Å². The number of hydrogen-bond acceptors (Lipinski definition) is 4. The molecule has 3 rings (SSSR count). The van der Waals surface area contributed by atoms with Crippen LogP contribution >= 0.6 is 11.6 Å². The van der Waals surface area contributed by atoms with E-state index in [9.17, 15) is 18.7 Å². The number of pyridine rings is 1. The Morgan fingerprint density at radius 2 is 2.15 bits per heavy atom. The van der Waals surface area contributed by atoms with E-state index >= 15 is 0 Å². The lowest BCUT2D eigenvalue weighted by Gasteiger charge is -2.40. The zero-order valence-electron chi connectivity index (χ0n) is 14.8. The Morgan fingerprint density at radius 1 is 1.50 bits per heavy atom. The third-order valence-corrected chi connectivity index (χ3v) is 5.35. The molecule has 2 aromatic heterocycles. The van der Waals surface area contributed by atoms with Gasteiger partial charge in [0, 0.05) is 5.54 Å². The fourth-order valence-electron chi connectivity index (χ4n) is 3.16. The predicted molar refractivity (Wildman–Crippen MR) is 94.6 cm³/mol. The van der Waals surface area contributed by atoms with Crippen LogP contribution in [-0.4, -0.2) is 37.6 Å². The third-order valence-electron chi connectivity index (χ3n) is 4.97. The van der Waals surface area contributed by atoms with Crippen LogP contribution in [0, 0.1) is 6.92 Å². The summed E-state index contributed by atoms with van der Waals surface area (Å²) in [4.78, 5) is 21.0. The van der Waals surface area contributed by atoms with Crippen LogP contribution in [0.2, 0.25) is 5.15 Å². The molecule has 0 saturated heterocycles. The Balaban J connectivity index is 2.00. The van der Waals surface area contributed by atoms with E-state index in [-0.39, 0.29) is 11.5 Å². The minimum absolute atomic E-state index is 0.228. The first-order valence-electron chi connectivity index (χ1n) is 8.40. The Labute approximate surface area is 154 Å². The first-order valence-corrected chi connectivity index (χ1v) is 8.78. The SMILES string of the molecule is Cc1cc2nc(NC(=O)CC(C)(O)C(F)F)n(C3(C)CCC3)c2nc1Cl. The molecule has 2 N–H and O–H groups in total. The van der Waals surface area contributed by atoms with Crippen LogP contribution in [0.25, 0.3) is 11.2 Å². The van der Waals surface area contributed by atoms with Gasteiger partial charge in [0.15, 0.2) is 5.65 Å². The molecule has 0 spiro atoms. The normalized spacial score (nSPS) is 18.6. The summed E-state index contributed by atoms with van der Waals surface area (Å²) >= 11 is 6.15. The van der Waals surface area contributed by atoms with Crippen molar-refractivity contribution < 1.29 is 18.7 Å². The zero-order chi connectivity index (χ0) is 19.3. The number of carbonyl (C=O) groups is 1. The van der Waals surface area contributed by atoms with Crippen molar-refractivity contribution in [3.63, 3.8) is 0 Å². The highest BCUT2D eigenvalue weighted by atomic mass is 35.5. The molecule has 0 bridgehead atoms. The number of nitrogens with one attached hydrogen (secondary N) is 1. The first kappa shape index (κ1) is 19.0. The van der Waals surface area contributed by atoms with Gasteiger partial charge in [0.05, 0.1) is 6.42 Å². The minimum atomic E-state index is -3.03. The molecule has 1 aliphatic carbocycles. The number of alkyl halides is 2. The van der Waals surface area contributed by atoms with Crippen LogP contribution in [0.3, 0.4) is 0 Å². The van der Waals surface area contributed by atoms with Gasteiger partial charge in [-0.05, 0) is 51.7 Å². The van der Waals surface area contributed by atoms with E-state index in [0.29, 0.717) is 16.3 Å². The van der Waals surface area contributed by atoms with Crippen molar-refractivity contribution in [2.75, 3.05) is 5.32 Å². The van der Waals surface area contributed by atoms with Gasteiger partial charge >= 0.3 is 0 Å². The number of nitrogens with zero attached hydrogens (tertiary/aromatic N) is 3. The molecule has 0 aromatic carbocycles. The Morgan fingerprint density at radius 3 is 2.69 bits per heavy atom. The lowest BCUT2D eigenvalue weighted by molar-refractivity contribution is -0.130. The van der Waals surface area contributed by atoms with Gasteiger partial charge in [-0.25, -0.2) is 18.7 Å². The summed E-state index contributed by atoms with van der Waals surface area (Å²) in [6.45, 7) is 4.76. The number of aromatic nitrogens is 3. The molecule has 1 saturated carbocycles. The standard InChI is InChI=1S/C17H21ClF2N4O2/c1-9-7-10-13(23-12(9)18)24(16(2)5-4-6-16)15(21-10)22-11(25)8-17(3,26)14(19)20/h7,14,26H,4-6,8H2,1-3H3,(H,21,22,25). The Bertz CT molecular complexity index is 862. The van der Waals surface area contributed by atoms with Gasteiger partial charge in [0.25, 0.3) is 6.43 Å². The second-order valence-electron chi connectivity index (χ2n) is 7.44. The van der Waals surface area contributed by atoms with Crippen molar-refractivity contribution in [2.24, 2.45) is 0 Å². The van der Waals surface area contributed by atoms with E-state index in [4.69, 9.17) is 11.6 Å². The monoisotopic (exact) mass is 386 g/mol. The molecule has 26 heavy (non-hydrogen) atoms. The number of halogens is 3. The maximum atomic E-state index is 12.8. The van der Waals surface area contributed by atoms with Gasteiger partial charge in [-0.15, -0.1) is 0 Å². The highest BCUT2D eigenvalue weighted by Crippen LogP contribution is 2.43. The van der Waals surface area contributed by atoms with Gasteiger partial charge in [0.2, 0.25) is 11.9 Å². The summed E-state index contributed by atoms with van der Waals surface area (Å²) in [7, 11) is 0. The number of rotatable bonds is 5. The van der Waals surface area contributed by atoms with E-state index in [2.05, 4.69) is 15.3 Å². The smallest absolute Gasteiger partial charge is 0.267 e. The number of imidazole rings is 1. The molecule has 142 valence electrons. The topological polar surface area (TPSA) is 80.0 Å². The molecular weight excluding hydrogens is 366 g/mol. The Kier molecular flexibility index (Phi) is 4.69. The van der Waals surface area contributed by atoms with Crippen LogP contribution in [0.5, 0.6) is 0 Å². The van der Waals surface area contributed by atoms with Crippen LogP contribution in [0.4, 0.5) is 14.7 Å². The van der Waals surface area contributed by atoms with Crippen molar-refractivity contribution >= 4 is 34.6 Å². The minimum Gasteiger partial charge on any atom is -0.384 e. The molecule has 1 unspecified atom stereocenters. The molecule has 2 aromatic rings. The second kappa shape index (κ2) is 6.42. The van der Waals surface area contributed by atoms with E-state index in [1.165, 1.54) is 0 Å². The second-order valence-corrected chi connectivity index (χ2v) is 7.80. The van der Waals surface area contributed by atoms with Crippen molar-refractivity contribution in [3.8, 4) is 0 Å². The van der Waals surface area contributed by atoms with Crippen LogP contribution in [-0.2, 0) is 10.3 Å². The largest absolute Gasteiger partial charge is 0.384 e. The molecule has 6 nitrogen and oxygen atoms in total. The highest BCUT2D eigenvalue weighted by molar-refractivity contribution is 6.30. The van der Waals surface area contributed by atoms with Gasteiger partial charge in [-0.2, -0.15) is 0 Å². The average Bonchev–Trinajstić information content (AvgIpc) is 2.81. The number of carbonyl (C=O) groups excluding carboxylic acids is 1. The van der Waals surface area contributed by atoms with Crippen LogP contribution in [0.1, 0.15) is 45.1 Å². The molecule has 1 atom stereocenters. The molecule has 0 aliphatic heterocycles. The first-order chi connectivity index (χ1) is 12.0. The quantitative estimate of drug-likeness (QED) is 0.769. The lowest BCUT2D eigenvalue weighted by atomic mass is 9.78. The molecule has 1 amide bonds. The number of fused-ring (bicyclic) bond motifs is 1. The molecule has 2 heterocycles. The molecule has 1 aliphatic rings. The fourth-order valence-corrected chi connectivity index (χ4v) is 3.29. The fraction of sp³-hybridized carbons (Fsp3) is 0.588. The maximum Gasteiger partial charge on any atom is 0.267 e. The van der Waals surface area contributed by atoms with Gasteiger partial charge < -0.3 is 5.11 Å². The molecule has 1 fully saturated rings. The van der Waals surface area contributed by atoms with Crippen molar-refractivity contribution in [1.82, 2.24) is 14.5 Å². The van der Waals surface area contributed by atoms with E-state index in [1.807, 2.05) is 11.5 Å². The number of aliphatic hydroxyl groups is 1. The van der Waals surface area contributed by atoms with E-state index in [0.717, 1.165) is 31.7 Å². The number of aryl methyl sites for hydroxylation is 1. The summed E-state index contributed by atoms with van der Waals surface area (Å²) in [6.07, 6.45) is -0.979. The number of amides is 1. The van der Waals surface area contributed by atoms with Crippen molar-refractivity contribution in [3.05, 3.63) is 16.8 Å². The number of anilines is 1. The van der Waals surface area contributed by atoms with Gasteiger partial charge in [0.1, 0.15) is 16.3 Å². The molecule has 9 heteroatoms. The third kappa shape index (κ3) is 3.27. The van der Waals surface area contributed by atoms with Gasteiger partial charge in [-0.1, -0.05) is 11.6 Å². The highest BCUT2D eigenvalue weighted by Gasteiger charge is 2.39. The Hall–Kier alpha value is -1.80. The average molecular weight is 387 g/mol. The van der Waals surface area contributed by atoms with E-state index < -0.39 is 24.4 Å². The summed E-state index contributed by atoms with van der Waals surface area (Å²) in [6, 6.07) is 1.77. The predicted octanol–water partition coefficient (Wildman–Crippen LogP) is 3.64. The summed E-state index contributed by atoms with van der Waals surface area (Å²) < 4.78 is 27.5. The number of hydrogen-bond donors (Lipinski definition) is 2. The maximum absolute atomic E-state index is 12.8. The lowest BCUT2D eigenvalue weighted by Crippen LogP contribution is -2.40. The summed E-state index contributed by atoms with van der Waals surface area (Å²) in [5.41, 5.74) is -0.830. The van der Waals surface area contributed by atoms with Crippen molar-refractivity contribution in [2.45, 2.75) is 64.0 Å². The summed E-state index contributed by atoms with van der Waals surface area (Å²) in [5.74, 6) is -0.510. The van der Waals surface area contributed by atoms with Gasteiger partial charge in [-0.3, -0.25) is 14.7 Å². The van der Waals surface area contributed by atoms with Crippen molar-refractivity contribution in [1.29, 1.82) is 0 Å². The molecular formula is C17H21ClF2N4O2. The van der Waals surface area contributed by atoms with Crippen LogP contribution in [0.15, 0.2) is 6.07 Å². The van der Waals surface area contributed by atoms with Crippen LogP contribution < -0.4 is 5.32 Å². The molecule has 0 radical (unpaired) electrons. The zero-order valence-corrected chi connectivity index (χ0v) is 15.6. The summed E-state index contributed by atoms with van der Waals surface area (Å²) in [5, 5.41) is 12.6.